The average molecular weight is 183 g/mol. The number of rotatable bonds is 5. The van der Waals surface area contributed by atoms with Gasteiger partial charge in [-0.15, -0.1) is 0 Å². The molecule has 0 amide bonds. The van der Waals surface area contributed by atoms with Gasteiger partial charge in [0.25, 0.3) is 0 Å². The predicted molar refractivity (Wildman–Crippen MR) is 58.9 cm³/mol. The van der Waals surface area contributed by atoms with Gasteiger partial charge < -0.3 is 4.90 Å². The number of likely N-dealkylation sites (tertiary alicyclic amines) is 1. The van der Waals surface area contributed by atoms with Crippen LogP contribution < -0.4 is 0 Å². The second-order valence-corrected chi connectivity index (χ2v) is 4.70. The van der Waals surface area contributed by atoms with Crippen LogP contribution in [0.3, 0.4) is 0 Å². The molecule has 1 aliphatic heterocycles. The number of hydrogen-bond acceptors (Lipinski definition) is 1. The van der Waals surface area contributed by atoms with Gasteiger partial charge in [-0.05, 0) is 50.7 Å². The molecule has 0 radical (unpaired) electrons. The average Bonchev–Trinajstić information content (AvgIpc) is 2.65. The van der Waals surface area contributed by atoms with E-state index < -0.39 is 0 Å². The minimum Gasteiger partial charge on any atom is -0.303 e. The van der Waals surface area contributed by atoms with E-state index in [0.29, 0.717) is 0 Å². The van der Waals surface area contributed by atoms with Crippen LogP contribution >= 0.6 is 0 Å². The Bertz CT molecular complexity index is 127. The van der Waals surface area contributed by atoms with Gasteiger partial charge in [0.05, 0.1) is 0 Å². The van der Waals surface area contributed by atoms with Gasteiger partial charge in [0.1, 0.15) is 0 Å². The molecule has 1 saturated heterocycles. The summed E-state index contributed by atoms with van der Waals surface area (Å²) in [5.74, 6) is 1.81. The van der Waals surface area contributed by atoms with Crippen molar-refractivity contribution < 1.29 is 0 Å². The van der Waals surface area contributed by atoms with Crippen LogP contribution in [0.5, 0.6) is 0 Å². The highest BCUT2D eigenvalue weighted by atomic mass is 15.1. The first-order valence-corrected chi connectivity index (χ1v) is 5.96. The van der Waals surface area contributed by atoms with Gasteiger partial charge in [-0.1, -0.05) is 27.2 Å². The fourth-order valence-electron chi connectivity index (χ4n) is 2.08. The molecule has 1 heteroatoms. The summed E-state index contributed by atoms with van der Waals surface area (Å²) in [5.41, 5.74) is 0. The van der Waals surface area contributed by atoms with Gasteiger partial charge in [0.2, 0.25) is 0 Å². The van der Waals surface area contributed by atoms with Crippen LogP contribution in [0.2, 0.25) is 0 Å². The monoisotopic (exact) mass is 183 g/mol. The lowest BCUT2D eigenvalue weighted by atomic mass is 9.91. The molecule has 1 fully saturated rings. The zero-order chi connectivity index (χ0) is 9.68. The Labute approximate surface area is 83.5 Å². The normalized spacial score (nSPS) is 23.3. The van der Waals surface area contributed by atoms with Crippen LogP contribution in [0.25, 0.3) is 0 Å². The molecule has 78 valence electrons. The molecule has 0 aromatic rings. The van der Waals surface area contributed by atoms with Crippen molar-refractivity contribution in [2.75, 3.05) is 19.6 Å². The summed E-state index contributed by atoms with van der Waals surface area (Å²) in [6.07, 6.45) is 5.59. The smallest absolute Gasteiger partial charge is 0.00161 e. The largest absolute Gasteiger partial charge is 0.303 e. The van der Waals surface area contributed by atoms with E-state index in [4.69, 9.17) is 0 Å². The quantitative estimate of drug-likeness (QED) is 0.633. The highest BCUT2D eigenvalue weighted by Gasteiger charge is 2.14. The molecule has 1 nitrogen and oxygen atoms in total. The molecule has 13 heavy (non-hydrogen) atoms. The fourth-order valence-corrected chi connectivity index (χ4v) is 2.08. The molecule has 1 aliphatic rings. The van der Waals surface area contributed by atoms with Crippen molar-refractivity contribution in [3.8, 4) is 0 Å². The Morgan fingerprint density at radius 2 is 1.69 bits per heavy atom. The highest BCUT2D eigenvalue weighted by Crippen LogP contribution is 2.19. The van der Waals surface area contributed by atoms with E-state index in [-0.39, 0.29) is 0 Å². The van der Waals surface area contributed by atoms with Crippen LogP contribution in [0.4, 0.5) is 0 Å². The van der Waals surface area contributed by atoms with Crippen LogP contribution in [0.1, 0.15) is 46.5 Å². The van der Waals surface area contributed by atoms with Crippen molar-refractivity contribution in [3.63, 3.8) is 0 Å². The lowest BCUT2D eigenvalue weighted by Crippen LogP contribution is -2.23. The zero-order valence-corrected chi connectivity index (χ0v) is 9.55. The van der Waals surface area contributed by atoms with E-state index in [2.05, 4.69) is 25.7 Å². The van der Waals surface area contributed by atoms with Gasteiger partial charge >= 0.3 is 0 Å². The van der Waals surface area contributed by atoms with Crippen molar-refractivity contribution >= 4 is 0 Å². The Hall–Kier alpha value is -0.0400. The third-order valence-electron chi connectivity index (χ3n) is 3.71. The molecule has 1 rings (SSSR count). The van der Waals surface area contributed by atoms with Crippen molar-refractivity contribution in [1.29, 1.82) is 0 Å². The number of hydrogen-bond donors (Lipinski definition) is 0. The molecule has 0 N–H and O–H groups in total. The Balaban J connectivity index is 2.10. The van der Waals surface area contributed by atoms with E-state index in [0.717, 1.165) is 11.8 Å². The van der Waals surface area contributed by atoms with Crippen LogP contribution in [0, 0.1) is 11.8 Å². The summed E-state index contributed by atoms with van der Waals surface area (Å²) in [7, 11) is 0. The summed E-state index contributed by atoms with van der Waals surface area (Å²) in [5, 5.41) is 0. The lowest BCUT2D eigenvalue weighted by Gasteiger charge is -2.21. The van der Waals surface area contributed by atoms with Crippen molar-refractivity contribution in [2.24, 2.45) is 11.8 Å². The van der Waals surface area contributed by atoms with E-state index in [1.165, 1.54) is 45.3 Å². The van der Waals surface area contributed by atoms with E-state index in [1.54, 1.807) is 0 Å². The second-order valence-electron chi connectivity index (χ2n) is 4.70. The third kappa shape index (κ3) is 3.68. The van der Waals surface area contributed by atoms with Crippen LogP contribution in [-0.2, 0) is 0 Å². The summed E-state index contributed by atoms with van der Waals surface area (Å²) in [6.45, 7) is 11.1. The maximum Gasteiger partial charge on any atom is -0.00161 e. The Kier molecular flexibility index (Phi) is 4.79. The van der Waals surface area contributed by atoms with E-state index in [1.807, 2.05) is 0 Å². The van der Waals surface area contributed by atoms with Gasteiger partial charge in [0.15, 0.2) is 0 Å². The van der Waals surface area contributed by atoms with Crippen LogP contribution in [-0.4, -0.2) is 24.5 Å². The topological polar surface area (TPSA) is 3.24 Å². The summed E-state index contributed by atoms with van der Waals surface area (Å²) < 4.78 is 0. The molecule has 0 bridgehead atoms. The fraction of sp³-hybridized carbons (Fsp3) is 1.00. The summed E-state index contributed by atoms with van der Waals surface area (Å²) in [6, 6.07) is 0. The first kappa shape index (κ1) is 11.0. The Morgan fingerprint density at radius 3 is 2.23 bits per heavy atom. The highest BCUT2D eigenvalue weighted by molar-refractivity contribution is 4.68. The predicted octanol–water partition coefficient (Wildman–Crippen LogP) is 3.15. The number of nitrogens with zero attached hydrogens (tertiary/aromatic N) is 1. The first-order chi connectivity index (χ1) is 6.24. The molecule has 0 saturated carbocycles. The molecule has 2 unspecified atom stereocenters. The minimum atomic E-state index is 0.905. The van der Waals surface area contributed by atoms with Crippen molar-refractivity contribution in [2.45, 2.75) is 46.5 Å². The maximum absolute atomic E-state index is 2.62. The lowest BCUT2D eigenvalue weighted by molar-refractivity contribution is 0.270. The van der Waals surface area contributed by atoms with Gasteiger partial charge in [-0.3, -0.25) is 0 Å². The molecule has 0 aliphatic carbocycles. The maximum atomic E-state index is 2.62. The molecular weight excluding hydrogens is 158 g/mol. The third-order valence-corrected chi connectivity index (χ3v) is 3.71. The molecule has 0 aromatic carbocycles. The summed E-state index contributed by atoms with van der Waals surface area (Å²) in [4.78, 5) is 2.62. The standard InChI is InChI=1S/C12H25N/c1-4-11(2)12(3)7-10-13-8-5-6-9-13/h11-12H,4-10H2,1-3H3. The zero-order valence-electron chi connectivity index (χ0n) is 9.55. The van der Waals surface area contributed by atoms with Crippen molar-refractivity contribution in [1.82, 2.24) is 4.90 Å². The van der Waals surface area contributed by atoms with E-state index >= 15 is 0 Å². The minimum absolute atomic E-state index is 0.905. The van der Waals surface area contributed by atoms with E-state index in [9.17, 15) is 0 Å². The molecule has 2 atom stereocenters. The SMILES string of the molecule is CCC(C)C(C)CCN1CCCC1. The first-order valence-electron chi connectivity index (χ1n) is 5.96. The molecular formula is C12H25N. The molecule has 0 spiro atoms. The van der Waals surface area contributed by atoms with Crippen LogP contribution in [0.15, 0.2) is 0 Å². The van der Waals surface area contributed by atoms with Gasteiger partial charge in [-0.25, -0.2) is 0 Å². The second kappa shape index (κ2) is 5.64. The summed E-state index contributed by atoms with van der Waals surface area (Å²) >= 11 is 0. The van der Waals surface area contributed by atoms with Crippen molar-refractivity contribution in [3.05, 3.63) is 0 Å². The Morgan fingerprint density at radius 1 is 1.08 bits per heavy atom. The van der Waals surface area contributed by atoms with Gasteiger partial charge in [-0.2, -0.15) is 0 Å². The molecule has 1 heterocycles. The van der Waals surface area contributed by atoms with Gasteiger partial charge in [0, 0.05) is 0 Å². The molecule has 0 aromatic heterocycles.